The number of pyridine rings is 1. The Bertz CT molecular complexity index is 882. The molecular formula is C18H18N6O3. The minimum atomic E-state index is -0.656. The van der Waals surface area contributed by atoms with E-state index in [4.69, 9.17) is 4.74 Å². The second kappa shape index (κ2) is 9.09. The molecule has 0 aliphatic carbocycles. The molecular weight excluding hydrogens is 348 g/mol. The van der Waals surface area contributed by atoms with Gasteiger partial charge in [0.15, 0.2) is 0 Å². The Morgan fingerprint density at radius 3 is 2.70 bits per heavy atom. The van der Waals surface area contributed by atoms with Crippen molar-refractivity contribution in [1.82, 2.24) is 30.6 Å². The highest BCUT2D eigenvalue weighted by Gasteiger charge is 2.08. The van der Waals surface area contributed by atoms with Crippen LogP contribution in [-0.4, -0.2) is 38.5 Å². The van der Waals surface area contributed by atoms with Crippen LogP contribution in [0.4, 0.5) is 4.79 Å². The third-order valence-corrected chi connectivity index (χ3v) is 3.52. The van der Waals surface area contributed by atoms with Crippen molar-refractivity contribution in [2.75, 3.05) is 6.54 Å². The Kier molecular flexibility index (Phi) is 6.08. The minimum absolute atomic E-state index is 0.145. The van der Waals surface area contributed by atoms with E-state index in [-0.39, 0.29) is 25.6 Å². The highest BCUT2D eigenvalue weighted by molar-refractivity contribution is 5.82. The number of amides is 2. The monoisotopic (exact) mass is 366 g/mol. The van der Waals surface area contributed by atoms with Gasteiger partial charge < -0.3 is 15.4 Å². The molecule has 0 aliphatic heterocycles. The van der Waals surface area contributed by atoms with E-state index < -0.39 is 6.09 Å². The number of benzene rings is 1. The number of nitrogens with zero attached hydrogens (tertiary/aromatic N) is 4. The molecule has 138 valence electrons. The maximum Gasteiger partial charge on any atom is 0.407 e. The average Bonchev–Trinajstić information content (AvgIpc) is 3.20. The van der Waals surface area contributed by atoms with Gasteiger partial charge in [-0.3, -0.25) is 9.78 Å². The van der Waals surface area contributed by atoms with E-state index in [0.29, 0.717) is 5.69 Å². The van der Waals surface area contributed by atoms with E-state index in [0.717, 1.165) is 11.3 Å². The van der Waals surface area contributed by atoms with Gasteiger partial charge in [0.05, 0.1) is 24.6 Å². The lowest BCUT2D eigenvalue weighted by Gasteiger charge is -2.07. The van der Waals surface area contributed by atoms with Gasteiger partial charge in [-0.25, -0.2) is 9.48 Å². The van der Waals surface area contributed by atoms with Crippen molar-refractivity contribution in [3.8, 4) is 5.69 Å². The summed E-state index contributed by atoms with van der Waals surface area (Å²) in [5, 5.41) is 13.0. The maximum absolute atomic E-state index is 11.8. The third kappa shape index (κ3) is 5.63. The number of carbonyl (C=O) groups excluding carboxylic acids is 2. The van der Waals surface area contributed by atoms with Crippen molar-refractivity contribution in [2.45, 2.75) is 13.2 Å². The number of ether oxygens (including phenoxy) is 1. The average molecular weight is 366 g/mol. The Hall–Kier alpha value is -3.75. The van der Waals surface area contributed by atoms with Crippen LogP contribution in [0.2, 0.25) is 0 Å². The predicted molar refractivity (Wildman–Crippen MR) is 95.6 cm³/mol. The number of hydrogen-bond donors (Lipinski definition) is 2. The Morgan fingerprint density at radius 1 is 1.07 bits per heavy atom. The van der Waals surface area contributed by atoms with Crippen LogP contribution in [0.15, 0.2) is 61.1 Å². The minimum Gasteiger partial charge on any atom is -0.445 e. The number of aromatic nitrogens is 4. The fourth-order valence-corrected chi connectivity index (χ4v) is 2.17. The second-order valence-electron chi connectivity index (χ2n) is 5.56. The van der Waals surface area contributed by atoms with Gasteiger partial charge in [-0.05, 0) is 17.7 Å². The van der Waals surface area contributed by atoms with E-state index in [2.05, 4.69) is 25.9 Å². The molecule has 2 aromatic heterocycles. The normalized spacial score (nSPS) is 10.2. The number of hydrogen-bond acceptors (Lipinski definition) is 6. The van der Waals surface area contributed by atoms with Crippen LogP contribution in [0.5, 0.6) is 0 Å². The van der Waals surface area contributed by atoms with Crippen LogP contribution in [0.1, 0.15) is 11.3 Å². The molecule has 2 amide bonds. The first-order valence-electron chi connectivity index (χ1n) is 8.23. The van der Waals surface area contributed by atoms with Crippen LogP contribution < -0.4 is 10.6 Å². The molecule has 0 bridgehead atoms. The highest BCUT2D eigenvalue weighted by Crippen LogP contribution is 2.04. The first-order valence-corrected chi connectivity index (χ1v) is 8.23. The molecule has 27 heavy (non-hydrogen) atoms. The SMILES string of the molecule is O=C(CNC(=O)OCc1ccccc1)NCc1cn(-c2cccnc2)nn1. The summed E-state index contributed by atoms with van der Waals surface area (Å²) in [5.41, 5.74) is 2.22. The topological polar surface area (TPSA) is 111 Å². The lowest BCUT2D eigenvalue weighted by Crippen LogP contribution is -2.36. The van der Waals surface area contributed by atoms with Crippen molar-refractivity contribution in [3.05, 3.63) is 72.3 Å². The van der Waals surface area contributed by atoms with Crippen LogP contribution in [0, 0.1) is 0 Å². The number of nitrogens with one attached hydrogen (secondary N) is 2. The van der Waals surface area contributed by atoms with Crippen LogP contribution in [0.25, 0.3) is 5.69 Å². The Labute approximate surface area is 155 Å². The zero-order valence-electron chi connectivity index (χ0n) is 14.4. The zero-order valence-corrected chi connectivity index (χ0v) is 14.4. The first kappa shape index (κ1) is 18.1. The summed E-state index contributed by atoms with van der Waals surface area (Å²) in [6, 6.07) is 12.9. The van der Waals surface area contributed by atoms with Gasteiger partial charge >= 0.3 is 6.09 Å². The van der Waals surface area contributed by atoms with Gasteiger partial charge in [-0.2, -0.15) is 0 Å². The second-order valence-corrected chi connectivity index (χ2v) is 5.56. The van der Waals surface area contributed by atoms with Gasteiger partial charge in [0.1, 0.15) is 18.8 Å². The standard InChI is InChI=1S/C18H18N6O3/c25-17(11-21-18(26)27-13-14-5-2-1-3-6-14)20-9-15-12-24(23-22-15)16-7-4-8-19-10-16/h1-8,10,12H,9,11,13H2,(H,20,25)(H,21,26). The van der Waals surface area contributed by atoms with E-state index in [1.807, 2.05) is 36.4 Å². The number of carbonyl (C=O) groups is 2. The summed E-state index contributed by atoms with van der Waals surface area (Å²) >= 11 is 0. The molecule has 0 radical (unpaired) electrons. The first-order chi connectivity index (χ1) is 13.2. The molecule has 0 aliphatic rings. The molecule has 9 nitrogen and oxygen atoms in total. The van der Waals surface area contributed by atoms with Crippen LogP contribution in [0.3, 0.4) is 0 Å². The summed E-state index contributed by atoms with van der Waals surface area (Å²) in [5.74, 6) is -0.359. The van der Waals surface area contributed by atoms with Crippen molar-refractivity contribution in [1.29, 1.82) is 0 Å². The fraction of sp³-hybridized carbons (Fsp3) is 0.167. The molecule has 0 unspecified atom stereocenters. The summed E-state index contributed by atoms with van der Waals surface area (Å²) in [4.78, 5) is 27.4. The fourth-order valence-electron chi connectivity index (χ4n) is 2.17. The molecule has 3 aromatic rings. The zero-order chi connectivity index (χ0) is 18.9. The van der Waals surface area contributed by atoms with E-state index in [1.54, 1.807) is 29.3 Å². The number of rotatable bonds is 7. The molecule has 0 fully saturated rings. The Morgan fingerprint density at radius 2 is 1.93 bits per heavy atom. The highest BCUT2D eigenvalue weighted by atomic mass is 16.5. The van der Waals surface area contributed by atoms with Gasteiger partial charge in [0.2, 0.25) is 5.91 Å². The lowest BCUT2D eigenvalue weighted by molar-refractivity contribution is -0.120. The third-order valence-electron chi connectivity index (χ3n) is 3.52. The van der Waals surface area contributed by atoms with Crippen molar-refractivity contribution in [2.24, 2.45) is 0 Å². The predicted octanol–water partition coefficient (Wildman–Crippen LogP) is 1.20. The van der Waals surface area contributed by atoms with Gasteiger partial charge in [0, 0.05) is 6.20 Å². The van der Waals surface area contributed by atoms with Crippen molar-refractivity contribution >= 4 is 12.0 Å². The van der Waals surface area contributed by atoms with Gasteiger partial charge in [-0.1, -0.05) is 35.5 Å². The largest absolute Gasteiger partial charge is 0.445 e. The summed E-state index contributed by atoms with van der Waals surface area (Å²) in [7, 11) is 0. The van der Waals surface area contributed by atoms with E-state index in [9.17, 15) is 9.59 Å². The van der Waals surface area contributed by atoms with Crippen LogP contribution in [-0.2, 0) is 22.7 Å². The Balaban J connectivity index is 1.37. The molecule has 2 N–H and O–H groups in total. The molecule has 2 heterocycles. The summed E-state index contributed by atoms with van der Waals surface area (Å²) in [6.45, 7) is 0.149. The molecule has 0 spiro atoms. The molecule has 0 saturated carbocycles. The van der Waals surface area contributed by atoms with Crippen molar-refractivity contribution < 1.29 is 14.3 Å². The number of alkyl carbamates (subject to hydrolysis) is 1. The maximum atomic E-state index is 11.8. The quantitative estimate of drug-likeness (QED) is 0.650. The lowest BCUT2D eigenvalue weighted by atomic mass is 10.2. The molecule has 3 rings (SSSR count). The smallest absolute Gasteiger partial charge is 0.407 e. The summed E-state index contributed by atoms with van der Waals surface area (Å²) in [6.07, 6.45) is 4.36. The van der Waals surface area contributed by atoms with Gasteiger partial charge in [-0.15, -0.1) is 5.10 Å². The summed E-state index contributed by atoms with van der Waals surface area (Å²) < 4.78 is 6.60. The molecule has 0 saturated heterocycles. The molecule has 1 aromatic carbocycles. The van der Waals surface area contributed by atoms with Crippen LogP contribution >= 0.6 is 0 Å². The van der Waals surface area contributed by atoms with E-state index >= 15 is 0 Å². The molecule has 9 heteroatoms. The molecule has 0 atom stereocenters. The van der Waals surface area contributed by atoms with Gasteiger partial charge in [0.25, 0.3) is 0 Å². The van der Waals surface area contributed by atoms with Crippen molar-refractivity contribution in [3.63, 3.8) is 0 Å². The van der Waals surface area contributed by atoms with E-state index in [1.165, 1.54) is 0 Å².